The normalized spacial score (nSPS) is 20.9. The van der Waals surface area contributed by atoms with Crippen molar-refractivity contribution in [2.24, 2.45) is 5.92 Å². The lowest BCUT2D eigenvalue weighted by atomic mass is 9.98. The highest BCUT2D eigenvalue weighted by molar-refractivity contribution is 6.48. The maximum atomic E-state index is 11.2. The Morgan fingerprint density at radius 3 is 2.27 bits per heavy atom. The Hall–Kier alpha value is -1.19. The maximum Gasteiger partial charge on any atom is 0.294 e. The van der Waals surface area contributed by atoms with E-state index in [1.54, 1.807) is 0 Å². The summed E-state index contributed by atoms with van der Waals surface area (Å²) in [5, 5.41) is 2.04. The molecule has 1 aliphatic rings. The Balaban J connectivity index is 2.24. The predicted molar refractivity (Wildman–Crippen MR) is 55.0 cm³/mol. The van der Waals surface area contributed by atoms with E-state index in [0.29, 0.717) is 6.42 Å². The van der Waals surface area contributed by atoms with Crippen LogP contribution >= 0.6 is 0 Å². The van der Waals surface area contributed by atoms with Gasteiger partial charge >= 0.3 is 0 Å². The van der Waals surface area contributed by atoms with E-state index >= 15 is 0 Å². The quantitative estimate of drug-likeness (QED) is 0.310. The second kappa shape index (κ2) is 5.63. The molecule has 0 aromatic rings. The van der Waals surface area contributed by atoms with Crippen LogP contribution in [-0.4, -0.2) is 17.6 Å². The molecule has 84 valence electrons. The molecule has 4 nitrogen and oxygen atoms in total. The van der Waals surface area contributed by atoms with Gasteiger partial charge in [0.05, 0.1) is 0 Å². The molecule has 1 fully saturated rings. The number of unbranched alkanes of at least 4 members (excludes halogenated alkanes) is 4. The van der Waals surface area contributed by atoms with Crippen LogP contribution < -0.4 is 5.32 Å². The molecule has 0 aliphatic carbocycles. The van der Waals surface area contributed by atoms with Crippen molar-refractivity contribution in [1.29, 1.82) is 0 Å². The van der Waals surface area contributed by atoms with E-state index in [4.69, 9.17) is 0 Å². The summed E-state index contributed by atoms with van der Waals surface area (Å²) in [6.45, 7) is 2.13. The van der Waals surface area contributed by atoms with E-state index in [-0.39, 0.29) is 0 Å². The van der Waals surface area contributed by atoms with Crippen molar-refractivity contribution in [3.05, 3.63) is 0 Å². The summed E-state index contributed by atoms with van der Waals surface area (Å²) in [6, 6.07) is 0. The lowest BCUT2D eigenvalue weighted by Gasteiger charge is -2.03. The van der Waals surface area contributed by atoms with E-state index in [1.165, 1.54) is 12.8 Å². The monoisotopic (exact) mass is 211 g/mol. The van der Waals surface area contributed by atoms with Crippen LogP contribution in [0, 0.1) is 5.92 Å². The van der Waals surface area contributed by atoms with Gasteiger partial charge in [-0.2, -0.15) is 0 Å². The van der Waals surface area contributed by atoms with Crippen molar-refractivity contribution in [3.8, 4) is 0 Å². The third-order valence-electron chi connectivity index (χ3n) is 2.69. The topological polar surface area (TPSA) is 63.2 Å². The molecule has 1 N–H and O–H groups in total. The number of Topliss-reactive ketones (excluding diaryl/α,β-unsaturated/α-hetero) is 1. The largest absolute Gasteiger partial charge is 0.294 e. The zero-order valence-electron chi connectivity index (χ0n) is 9.04. The Kier molecular flexibility index (Phi) is 4.46. The van der Waals surface area contributed by atoms with Crippen molar-refractivity contribution in [2.75, 3.05) is 0 Å². The number of amides is 2. The maximum absolute atomic E-state index is 11.2. The Morgan fingerprint density at radius 1 is 1.07 bits per heavy atom. The number of ketones is 1. The van der Waals surface area contributed by atoms with E-state index in [1.807, 2.05) is 5.32 Å². The van der Waals surface area contributed by atoms with E-state index in [2.05, 4.69) is 6.92 Å². The van der Waals surface area contributed by atoms with E-state index < -0.39 is 23.5 Å². The molecule has 1 saturated heterocycles. The van der Waals surface area contributed by atoms with Crippen LogP contribution in [0.2, 0.25) is 0 Å². The van der Waals surface area contributed by atoms with Gasteiger partial charge in [0, 0.05) is 0 Å². The standard InChI is InChI=1S/C11H17NO3/c1-2-3-4-5-6-7-8-9(13)11(15)12-10(8)14/h8H,2-7H2,1H3,(H,12,14,15). The molecule has 1 aliphatic heterocycles. The van der Waals surface area contributed by atoms with Crippen LogP contribution in [0.5, 0.6) is 0 Å². The van der Waals surface area contributed by atoms with E-state index in [0.717, 1.165) is 19.3 Å². The van der Waals surface area contributed by atoms with Gasteiger partial charge in [-0.3, -0.25) is 19.7 Å². The molecule has 0 aromatic heterocycles. The Bertz CT molecular complexity index is 273. The van der Waals surface area contributed by atoms with Gasteiger partial charge in [-0.05, 0) is 6.42 Å². The van der Waals surface area contributed by atoms with Crippen LogP contribution in [0.25, 0.3) is 0 Å². The van der Waals surface area contributed by atoms with Crippen molar-refractivity contribution < 1.29 is 14.4 Å². The minimum Gasteiger partial charge on any atom is -0.289 e. The number of hydrogen-bond donors (Lipinski definition) is 1. The van der Waals surface area contributed by atoms with Gasteiger partial charge in [0.15, 0.2) is 0 Å². The molecule has 2 amide bonds. The second-order valence-corrected chi connectivity index (χ2v) is 3.94. The fourth-order valence-electron chi connectivity index (χ4n) is 1.75. The van der Waals surface area contributed by atoms with Gasteiger partial charge in [0.25, 0.3) is 5.91 Å². The molecule has 0 saturated carbocycles. The van der Waals surface area contributed by atoms with Gasteiger partial charge in [0.2, 0.25) is 11.7 Å². The van der Waals surface area contributed by atoms with Gasteiger partial charge < -0.3 is 0 Å². The molecule has 15 heavy (non-hydrogen) atoms. The van der Waals surface area contributed by atoms with Crippen LogP contribution in [-0.2, 0) is 14.4 Å². The highest BCUT2D eigenvalue weighted by Crippen LogP contribution is 2.16. The molecule has 0 spiro atoms. The lowest BCUT2D eigenvalue weighted by Crippen LogP contribution is -2.22. The number of carbonyl (C=O) groups excluding carboxylic acids is 3. The van der Waals surface area contributed by atoms with Crippen molar-refractivity contribution in [2.45, 2.75) is 45.4 Å². The molecular weight excluding hydrogens is 194 g/mol. The minimum absolute atomic E-state index is 0.416. The predicted octanol–water partition coefficient (Wildman–Crippen LogP) is 1.19. The molecule has 0 radical (unpaired) electrons. The molecule has 1 atom stereocenters. The summed E-state index contributed by atoms with van der Waals surface area (Å²) in [5.41, 5.74) is 0. The zero-order chi connectivity index (χ0) is 11.3. The van der Waals surface area contributed by atoms with Crippen LogP contribution in [0.15, 0.2) is 0 Å². The third kappa shape index (κ3) is 3.15. The smallest absolute Gasteiger partial charge is 0.289 e. The third-order valence-corrected chi connectivity index (χ3v) is 2.69. The summed E-state index contributed by atoms with van der Waals surface area (Å²) in [4.78, 5) is 33.2. The molecule has 1 unspecified atom stereocenters. The number of imide groups is 1. The van der Waals surface area contributed by atoms with Gasteiger partial charge in [0.1, 0.15) is 5.92 Å². The molecule has 0 aromatic carbocycles. The van der Waals surface area contributed by atoms with Crippen LogP contribution in [0.3, 0.4) is 0 Å². The second-order valence-electron chi connectivity index (χ2n) is 3.94. The molecule has 0 bridgehead atoms. The van der Waals surface area contributed by atoms with E-state index in [9.17, 15) is 14.4 Å². The highest BCUT2D eigenvalue weighted by Gasteiger charge is 2.39. The first-order valence-corrected chi connectivity index (χ1v) is 5.56. The first-order chi connectivity index (χ1) is 7.16. The van der Waals surface area contributed by atoms with Gasteiger partial charge in [-0.25, -0.2) is 0 Å². The number of carbonyl (C=O) groups is 3. The first kappa shape index (κ1) is 11.9. The number of nitrogens with one attached hydrogen (secondary N) is 1. The summed E-state index contributed by atoms with van der Waals surface area (Å²) in [7, 11) is 0. The van der Waals surface area contributed by atoms with Gasteiger partial charge in [-0.15, -0.1) is 0 Å². The lowest BCUT2D eigenvalue weighted by molar-refractivity contribution is -0.136. The first-order valence-electron chi connectivity index (χ1n) is 5.56. The van der Waals surface area contributed by atoms with Crippen LogP contribution in [0.4, 0.5) is 0 Å². The summed E-state index contributed by atoms with van der Waals surface area (Å²) in [6.07, 6.45) is 5.87. The Morgan fingerprint density at radius 2 is 1.73 bits per heavy atom. The van der Waals surface area contributed by atoms with Crippen LogP contribution in [0.1, 0.15) is 45.4 Å². The summed E-state index contributed by atoms with van der Waals surface area (Å²) < 4.78 is 0. The SMILES string of the molecule is CCCCCCCC1C(=O)NC(=O)C1=O. The highest BCUT2D eigenvalue weighted by atomic mass is 16.2. The summed E-state index contributed by atoms with van der Waals surface area (Å²) in [5.74, 6) is -2.42. The minimum atomic E-state index is -0.737. The average molecular weight is 211 g/mol. The summed E-state index contributed by atoms with van der Waals surface area (Å²) >= 11 is 0. The molecule has 1 rings (SSSR count). The van der Waals surface area contributed by atoms with Crippen molar-refractivity contribution >= 4 is 17.6 Å². The molecular formula is C11H17NO3. The number of rotatable bonds is 6. The Labute approximate surface area is 89.4 Å². The molecule has 1 heterocycles. The fraction of sp³-hybridized carbons (Fsp3) is 0.727. The molecule has 4 heteroatoms. The fourth-order valence-corrected chi connectivity index (χ4v) is 1.75. The zero-order valence-corrected chi connectivity index (χ0v) is 9.04. The van der Waals surface area contributed by atoms with Crippen molar-refractivity contribution in [1.82, 2.24) is 5.32 Å². The van der Waals surface area contributed by atoms with Gasteiger partial charge in [-0.1, -0.05) is 39.0 Å². The van der Waals surface area contributed by atoms with Crippen molar-refractivity contribution in [3.63, 3.8) is 0 Å². The number of hydrogen-bond acceptors (Lipinski definition) is 3. The average Bonchev–Trinajstić information content (AvgIpc) is 2.44.